The summed E-state index contributed by atoms with van der Waals surface area (Å²) in [5.41, 5.74) is 0. The fraction of sp³-hybridized carbons (Fsp3) is 0.950. The van der Waals surface area contributed by atoms with Crippen molar-refractivity contribution in [2.45, 2.75) is 70.3 Å². The minimum Gasteiger partial charge on any atom is -0.356 e. The van der Waals surface area contributed by atoms with Crippen molar-refractivity contribution in [3.63, 3.8) is 0 Å². The highest BCUT2D eigenvalue weighted by molar-refractivity contribution is 7.86. The lowest BCUT2D eigenvalue weighted by Crippen LogP contribution is -2.50. The Kier molecular flexibility index (Phi) is 8.14. The highest BCUT2D eigenvalue weighted by atomic mass is 32.2. The van der Waals surface area contributed by atoms with Gasteiger partial charge in [-0.2, -0.15) is 17.0 Å². The Morgan fingerprint density at radius 3 is 2.25 bits per heavy atom. The van der Waals surface area contributed by atoms with Gasteiger partial charge in [0.15, 0.2) is 0 Å². The summed E-state index contributed by atoms with van der Waals surface area (Å²) >= 11 is 0. The van der Waals surface area contributed by atoms with Crippen LogP contribution in [-0.4, -0.2) is 80.2 Å². The molecule has 1 N–H and O–H groups in total. The third-order valence-corrected chi connectivity index (χ3v) is 8.80. The number of piperidine rings is 1. The monoisotopic (exact) mass is 414 g/mol. The quantitative estimate of drug-likeness (QED) is 0.615. The maximum Gasteiger partial charge on any atom is 0.281 e. The van der Waals surface area contributed by atoms with Crippen molar-refractivity contribution in [2.24, 2.45) is 5.92 Å². The van der Waals surface area contributed by atoms with Crippen LogP contribution in [0.25, 0.3) is 0 Å². The van der Waals surface area contributed by atoms with E-state index >= 15 is 0 Å². The molecule has 1 amide bonds. The molecule has 2 saturated heterocycles. The molecule has 0 bridgehead atoms. The molecule has 2 heterocycles. The zero-order valence-corrected chi connectivity index (χ0v) is 18.3. The van der Waals surface area contributed by atoms with Crippen molar-refractivity contribution in [2.75, 3.05) is 46.3 Å². The van der Waals surface area contributed by atoms with E-state index in [0.29, 0.717) is 25.9 Å². The lowest BCUT2D eigenvalue weighted by atomic mass is 9.96. The Hall–Kier alpha value is -0.700. The van der Waals surface area contributed by atoms with E-state index in [9.17, 15) is 13.2 Å². The van der Waals surface area contributed by atoms with Gasteiger partial charge in [0.05, 0.1) is 0 Å². The molecule has 3 rings (SSSR count). The van der Waals surface area contributed by atoms with Gasteiger partial charge in [0, 0.05) is 38.6 Å². The number of nitrogens with one attached hydrogen (secondary N) is 1. The summed E-state index contributed by atoms with van der Waals surface area (Å²) in [5, 5.41) is 3.06. The molecule has 3 fully saturated rings. The van der Waals surface area contributed by atoms with Crippen LogP contribution in [0.15, 0.2) is 0 Å². The van der Waals surface area contributed by atoms with E-state index in [0.717, 1.165) is 45.2 Å². The predicted molar refractivity (Wildman–Crippen MR) is 111 cm³/mol. The molecule has 0 unspecified atom stereocenters. The van der Waals surface area contributed by atoms with Gasteiger partial charge in [0.1, 0.15) is 0 Å². The molecule has 0 atom stereocenters. The molecule has 7 nitrogen and oxygen atoms in total. The van der Waals surface area contributed by atoms with E-state index in [2.05, 4.69) is 10.2 Å². The zero-order valence-electron chi connectivity index (χ0n) is 17.4. The first-order chi connectivity index (χ1) is 13.5. The van der Waals surface area contributed by atoms with Crippen LogP contribution in [0.4, 0.5) is 0 Å². The number of rotatable bonds is 8. The van der Waals surface area contributed by atoms with E-state index in [1.807, 2.05) is 0 Å². The van der Waals surface area contributed by atoms with Crippen LogP contribution in [0.1, 0.15) is 64.2 Å². The predicted octanol–water partition coefficient (Wildman–Crippen LogP) is 1.81. The first-order valence-corrected chi connectivity index (χ1v) is 12.6. The number of hydrogen-bond donors (Lipinski definition) is 1. The van der Waals surface area contributed by atoms with Gasteiger partial charge < -0.3 is 10.2 Å². The Labute approximate surface area is 171 Å². The number of hydrogen-bond acceptors (Lipinski definition) is 4. The summed E-state index contributed by atoms with van der Waals surface area (Å²) in [4.78, 5) is 14.9. The SMILES string of the molecule is CN(C1CCCCC1)S(=O)(=O)N1CCC(C(=O)NCCCN2CCCC2)CC1. The number of nitrogens with zero attached hydrogens (tertiary/aromatic N) is 3. The van der Waals surface area contributed by atoms with Crippen LogP contribution in [0, 0.1) is 5.92 Å². The highest BCUT2D eigenvalue weighted by Crippen LogP contribution is 2.27. The number of likely N-dealkylation sites (tertiary alicyclic amines) is 1. The van der Waals surface area contributed by atoms with Crippen LogP contribution in [0.3, 0.4) is 0 Å². The molecule has 0 aromatic rings. The van der Waals surface area contributed by atoms with Gasteiger partial charge in [-0.25, -0.2) is 0 Å². The van der Waals surface area contributed by atoms with Crippen molar-refractivity contribution in [3.05, 3.63) is 0 Å². The average Bonchev–Trinajstić information content (AvgIpc) is 3.25. The van der Waals surface area contributed by atoms with Crippen LogP contribution in [0.5, 0.6) is 0 Å². The maximum atomic E-state index is 12.9. The molecule has 3 aliphatic rings. The Morgan fingerprint density at radius 2 is 1.61 bits per heavy atom. The lowest BCUT2D eigenvalue weighted by molar-refractivity contribution is -0.126. The van der Waals surface area contributed by atoms with Gasteiger partial charge in [-0.15, -0.1) is 0 Å². The molecular formula is C20H38N4O3S. The van der Waals surface area contributed by atoms with Gasteiger partial charge in [0.25, 0.3) is 10.2 Å². The molecule has 162 valence electrons. The molecule has 1 aliphatic carbocycles. The zero-order chi connectivity index (χ0) is 20.0. The second-order valence-electron chi connectivity index (χ2n) is 8.68. The Balaban J connectivity index is 1.38. The minimum absolute atomic E-state index is 0.0572. The molecule has 8 heteroatoms. The Morgan fingerprint density at radius 1 is 0.964 bits per heavy atom. The van der Waals surface area contributed by atoms with Crippen LogP contribution in [0.2, 0.25) is 0 Å². The van der Waals surface area contributed by atoms with E-state index in [1.165, 1.54) is 32.4 Å². The van der Waals surface area contributed by atoms with Crippen molar-refractivity contribution < 1.29 is 13.2 Å². The van der Waals surface area contributed by atoms with Crippen molar-refractivity contribution in [1.29, 1.82) is 0 Å². The fourth-order valence-electron chi connectivity index (χ4n) is 4.83. The third-order valence-electron chi connectivity index (χ3n) is 6.75. The van der Waals surface area contributed by atoms with E-state index in [-0.39, 0.29) is 17.9 Å². The molecular weight excluding hydrogens is 376 g/mol. The maximum absolute atomic E-state index is 12.9. The summed E-state index contributed by atoms with van der Waals surface area (Å²) in [6.45, 7) is 5.06. The van der Waals surface area contributed by atoms with Gasteiger partial charge >= 0.3 is 0 Å². The Bertz CT molecular complexity index is 593. The van der Waals surface area contributed by atoms with E-state index < -0.39 is 10.2 Å². The topological polar surface area (TPSA) is 73.0 Å². The van der Waals surface area contributed by atoms with Gasteiger partial charge in [-0.05, 0) is 64.6 Å². The first kappa shape index (κ1) is 22.0. The molecule has 1 saturated carbocycles. The second kappa shape index (κ2) is 10.4. The van der Waals surface area contributed by atoms with Crippen molar-refractivity contribution in [1.82, 2.24) is 18.8 Å². The van der Waals surface area contributed by atoms with Crippen LogP contribution in [-0.2, 0) is 15.0 Å². The molecule has 28 heavy (non-hydrogen) atoms. The summed E-state index contributed by atoms with van der Waals surface area (Å²) in [7, 11) is -1.69. The normalized spacial score (nSPS) is 24.1. The second-order valence-corrected chi connectivity index (χ2v) is 10.7. The van der Waals surface area contributed by atoms with Crippen molar-refractivity contribution >= 4 is 16.1 Å². The highest BCUT2D eigenvalue weighted by Gasteiger charge is 2.36. The average molecular weight is 415 g/mol. The van der Waals surface area contributed by atoms with Gasteiger partial charge in [0.2, 0.25) is 5.91 Å². The summed E-state index contributed by atoms with van der Waals surface area (Å²) in [6, 6.07) is 0.135. The molecule has 0 spiro atoms. The summed E-state index contributed by atoms with van der Waals surface area (Å²) < 4.78 is 29.1. The number of carbonyl (C=O) groups is 1. The standard InChI is InChI=1S/C20H38N4O3S/c1-22(19-8-3-2-4-9-19)28(26,27)24-16-10-18(11-17-24)20(25)21-12-7-15-23-13-5-6-14-23/h18-19H,2-17H2,1H3,(H,21,25). The first-order valence-electron chi connectivity index (χ1n) is 11.2. The van der Waals surface area contributed by atoms with Crippen LogP contribution >= 0.6 is 0 Å². The van der Waals surface area contributed by atoms with E-state index in [1.54, 1.807) is 15.7 Å². The molecule has 2 aliphatic heterocycles. The molecule has 0 aromatic carbocycles. The van der Waals surface area contributed by atoms with Gasteiger partial charge in [-0.1, -0.05) is 19.3 Å². The largest absolute Gasteiger partial charge is 0.356 e. The summed E-state index contributed by atoms with van der Waals surface area (Å²) in [6.07, 6.45) is 10.2. The number of amides is 1. The van der Waals surface area contributed by atoms with Gasteiger partial charge in [-0.3, -0.25) is 4.79 Å². The van der Waals surface area contributed by atoms with Crippen molar-refractivity contribution in [3.8, 4) is 0 Å². The van der Waals surface area contributed by atoms with E-state index in [4.69, 9.17) is 0 Å². The minimum atomic E-state index is -3.41. The summed E-state index contributed by atoms with van der Waals surface area (Å²) in [5.74, 6) is 0.0392. The third kappa shape index (κ3) is 5.68. The smallest absolute Gasteiger partial charge is 0.281 e. The fourth-order valence-corrected chi connectivity index (χ4v) is 6.45. The number of carbonyl (C=O) groups excluding carboxylic acids is 1. The van der Waals surface area contributed by atoms with Crippen LogP contribution < -0.4 is 5.32 Å². The lowest BCUT2D eigenvalue weighted by Gasteiger charge is -2.37. The molecule has 0 radical (unpaired) electrons. The molecule has 0 aromatic heterocycles.